The number of H-pyrrole nitrogens is 1. The van der Waals surface area contributed by atoms with Crippen LogP contribution in [0.15, 0.2) is 30.5 Å². The van der Waals surface area contributed by atoms with Gasteiger partial charge in [0.1, 0.15) is 6.04 Å². The molecule has 7 nitrogen and oxygen atoms in total. The molecule has 7 heteroatoms. The number of hydrogen-bond donors (Lipinski definition) is 3. The van der Waals surface area contributed by atoms with E-state index in [1.54, 1.807) is 0 Å². The summed E-state index contributed by atoms with van der Waals surface area (Å²) in [5.41, 5.74) is 2.11. The zero-order valence-electron chi connectivity index (χ0n) is 18.7. The molecule has 0 saturated carbocycles. The molecule has 0 aliphatic carbocycles. The maximum Gasteiger partial charge on any atom is 0.324 e. The molecule has 2 heterocycles. The van der Waals surface area contributed by atoms with Crippen molar-refractivity contribution in [1.29, 1.82) is 0 Å². The van der Waals surface area contributed by atoms with Gasteiger partial charge in [0.15, 0.2) is 0 Å². The van der Waals surface area contributed by atoms with Gasteiger partial charge in [0.05, 0.1) is 0 Å². The maximum absolute atomic E-state index is 12.7. The minimum atomic E-state index is -0.627. The largest absolute Gasteiger partial charge is 0.361 e. The molecular formula is C24H34N4O3. The minimum absolute atomic E-state index is 0.0728. The number of benzene rings is 1. The Morgan fingerprint density at radius 3 is 2.71 bits per heavy atom. The SMILES string of the molecule is CC(C)CCCC(C)NC(=O)CCC1NC(=O)N(CCc2c[nH]c3ccccc23)C1=O. The number of rotatable bonds is 11. The molecule has 0 radical (unpaired) electrons. The second kappa shape index (κ2) is 10.5. The summed E-state index contributed by atoms with van der Waals surface area (Å²) >= 11 is 0. The van der Waals surface area contributed by atoms with Gasteiger partial charge in [-0.15, -0.1) is 0 Å². The number of urea groups is 1. The van der Waals surface area contributed by atoms with Crippen LogP contribution < -0.4 is 10.6 Å². The van der Waals surface area contributed by atoms with Gasteiger partial charge in [0.25, 0.3) is 5.91 Å². The average molecular weight is 427 g/mol. The monoisotopic (exact) mass is 426 g/mol. The van der Waals surface area contributed by atoms with Crippen LogP contribution in [0.3, 0.4) is 0 Å². The van der Waals surface area contributed by atoms with E-state index < -0.39 is 6.04 Å². The molecule has 0 spiro atoms. The second-order valence-electron chi connectivity index (χ2n) is 8.93. The van der Waals surface area contributed by atoms with E-state index in [1.807, 2.05) is 37.4 Å². The van der Waals surface area contributed by atoms with Crippen molar-refractivity contribution in [3.05, 3.63) is 36.0 Å². The summed E-state index contributed by atoms with van der Waals surface area (Å²) in [6.07, 6.45) is 6.24. The molecule has 4 amide bonds. The van der Waals surface area contributed by atoms with Crippen molar-refractivity contribution in [3.63, 3.8) is 0 Å². The zero-order valence-corrected chi connectivity index (χ0v) is 18.7. The molecule has 3 N–H and O–H groups in total. The van der Waals surface area contributed by atoms with E-state index in [9.17, 15) is 14.4 Å². The van der Waals surface area contributed by atoms with Gasteiger partial charge in [0.2, 0.25) is 5.91 Å². The van der Waals surface area contributed by atoms with E-state index >= 15 is 0 Å². The van der Waals surface area contributed by atoms with Gasteiger partial charge < -0.3 is 15.6 Å². The van der Waals surface area contributed by atoms with Crippen LogP contribution in [0.5, 0.6) is 0 Å². The number of imide groups is 1. The van der Waals surface area contributed by atoms with Crippen LogP contribution in [0.4, 0.5) is 4.79 Å². The van der Waals surface area contributed by atoms with Crippen LogP contribution in [0, 0.1) is 5.92 Å². The first-order valence-electron chi connectivity index (χ1n) is 11.3. The lowest BCUT2D eigenvalue weighted by Gasteiger charge is -2.15. The number of fused-ring (bicyclic) bond motifs is 1. The molecule has 1 saturated heterocycles. The summed E-state index contributed by atoms with van der Waals surface area (Å²) < 4.78 is 0. The molecule has 168 valence electrons. The van der Waals surface area contributed by atoms with Gasteiger partial charge in [-0.05, 0) is 43.7 Å². The third-order valence-corrected chi connectivity index (χ3v) is 5.87. The second-order valence-corrected chi connectivity index (χ2v) is 8.93. The van der Waals surface area contributed by atoms with Crippen molar-refractivity contribution in [3.8, 4) is 0 Å². The van der Waals surface area contributed by atoms with Crippen molar-refractivity contribution in [2.75, 3.05) is 6.54 Å². The Morgan fingerprint density at radius 2 is 1.94 bits per heavy atom. The number of nitrogens with zero attached hydrogens (tertiary/aromatic N) is 1. The van der Waals surface area contributed by atoms with Gasteiger partial charge in [-0.25, -0.2) is 4.79 Å². The lowest BCUT2D eigenvalue weighted by molar-refractivity contribution is -0.127. The van der Waals surface area contributed by atoms with E-state index in [2.05, 4.69) is 29.5 Å². The van der Waals surface area contributed by atoms with Crippen molar-refractivity contribution in [2.45, 2.75) is 71.4 Å². The van der Waals surface area contributed by atoms with E-state index in [0.29, 0.717) is 25.3 Å². The summed E-state index contributed by atoms with van der Waals surface area (Å²) in [6, 6.07) is 7.08. The fourth-order valence-corrected chi connectivity index (χ4v) is 4.08. The lowest BCUT2D eigenvalue weighted by atomic mass is 10.0. The predicted molar refractivity (Wildman–Crippen MR) is 122 cm³/mol. The number of carbonyl (C=O) groups excluding carboxylic acids is 3. The molecule has 1 aliphatic rings. The molecule has 31 heavy (non-hydrogen) atoms. The van der Waals surface area contributed by atoms with Crippen molar-refractivity contribution in [2.24, 2.45) is 5.92 Å². The van der Waals surface area contributed by atoms with Gasteiger partial charge in [-0.3, -0.25) is 14.5 Å². The van der Waals surface area contributed by atoms with Crippen LogP contribution in [-0.4, -0.2) is 46.4 Å². The molecule has 3 rings (SSSR count). The number of aromatic nitrogens is 1. The third-order valence-electron chi connectivity index (χ3n) is 5.87. The smallest absolute Gasteiger partial charge is 0.324 e. The quantitative estimate of drug-likeness (QED) is 0.478. The van der Waals surface area contributed by atoms with Crippen LogP contribution in [0.2, 0.25) is 0 Å². The summed E-state index contributed by atoms with van der Waals surface area (Å²) in [7, 11) is 0. The molecule has 1 aromatic heterocycles. The topological polar surface area (TPSA) is 94.3 Å². The van der Waals surface area contributed by atoms with E-state index in [4.69, 9.17) is 0 Å². The Kier molecular flexibility index (Phi) is 7.71. The molecule has 0 bridgehead atoms. The van der Waals surface area contributed by atoms with Crippen molar-refractivity contribution < 1.29 is 14.4 Å². The zero-order chi connectivity index (χ0) is 22.4. The number of aromatic amines is 1. The third kappa shape index (κ3) is 6.09. The van der Waals surface area contributed by atoms with E-state index in [-0.39, 0.29) is 30.3 Å². The van der Waals surface area contributed by atoms with Gasteiger partial charge in [0, 0.05) is 36.1 Å². The highest BCUT2D eigenvalue weighted by atomic mass is 16.2. The fraction of sp³-hybridized carbons (Fsp3) is 0.542. The summed E-state index contributed by atoms with van der Waals surface area (Å²) in [4.78, 5) is 41.7. The number of amides is 4. The predicted octanol–water partition coefficient (Wildman–Crippen LogP) is 3.74. The molecular weight excluding hydrogens is 392 g/mol. The summed E-state index contributed by atoms with van der Waals surface area (Å²) in [6.45, 7) is 6.72. The first-order valence-corrected chi connectivity index (χ1v) is 11.3. The Morgan fingerprint density at radius 1 is 1.16 bits per heavy atom. The molecule has 2 aromatic rings. The highest BCUT2D eigenvalue weighted by Crippen LogP contribution is 2.19. The van der Waals surface area contributed by atoms with Crippen LogP contribution in [-0.2, 0) is 16.0 Å². The Hall–Kier alpha value is -2.83. The van der Waals surface area contributed by atoms with Gasteiger partial charge >= 0.3 is 6.03 Å². The minimum Gasteiger partial charge on any atom is -0.361 e. The summed E-state index contributed by atoms with van der Waals surface area (Å²) in [5.74, 6) is 0.345. The van der Waals surface area contributed by atoms with E-state index in [1.165, 1.54) is 4.90 Å². The molecule has 2 unspecified atom stereocenters. The normalized spacial score (nSPS) is 17.4. The fourth-order valence-electron chi connectivity index (χ4n) is 4.08. The van der Waals surface area contributed by atoms with E-state index in [0.717, 1.165) is 35.7 Å². The standard InChI is InChI=1S/C24H34N4O3/c1-16(2)7-6-8-17(3)26-22(29)12-11-21-23(30)28(24(31)27-21)14-13-18-15-25-20-10-5-4-9-19(18)20/h4-5,9-10,15-17,21,25H,6-8,11-14H2,1-3H3,(H,26,29)(H,27,31). The number of carbonyl (C=O) groups is 3. The lowest BCUT2D eigenvalue weighted by Crippen LogP contribution is -2.35. The number of para-hydroxylation sites is 1. The first kappa shape index (κ1) is 22.8. The molecule has 1 aromatic carbocycles. The average Bonchev–Trinajstić information content (AvgIpc) is 3.25. The van der Waals surface area contributed by atoms with Gasteiger partial charge in [-0.2, -0.15) is 0 Å². The highest BCUT2D eigenvalue weighted by molar-refractivity contribution is 6.04. The number of hydrogen-bond acceptors (Lipinski definition) is 3. The first-order chi connectivity index (χ1) is 14.8. The van der Waals surface area contributed by atoms with Crippen LogP contribution in [0.25, 0.3) is 10.9 Å². The summed E-state index contributed by atoms with van der Waals surface area (Å²) in [5, 5.41) is 6.82. The molecule has 1 aliphatic heterocycles. The maximum atomic E-state index is 12.7. The molecule has 1 fully saturated rings. The van der Waals surface area contributed by atoms with Crippen LogP contribution >= 0.6 is 0 Å². The Labute approximate surface area is 183 Å². The molecule has 2 atom stereocenters. The van der Waals surface area contributed by atoms with Gasteiger partial charge in [-0.1, -0.05) is 44.9 Å². The highest BCUT2D eigenvalue weighted by Gasteiger charge is 2.37. The van der Waals surface area contributed by atoms with Crippen LogP contribution in [0.1, 0.15) is 58.4 Å². The Bertz CT molecular complexity index is 920. The Balaban J connectivity index is 1.44. The van der Waals surface area contributed by atoms with Crippen molar-refractivity contribution >= 4 is 28.7 Å². The number of nitrogens with one attached hydrogen (secondary N) is 3. The van der Waals surface area contributed by atoms with Crippen molar-refractivity contribution in [1.82, 2.24) is 20.5 Å².